The average Bonchev–Trinajstić information content (AvgIpc) is 2.82. The summed E-state index contributed by atoms with van der Waals surface area (Å²) in [6.45, 7) is 7.18. The van der Waals surface area contributed by atoms with Gasteiger partial charge in [0, 0.05) is 11.9 Å². The van der Waals surface area contributed by atoms with E-state index in [1.54, 1.807) is 48.5 Å². The third-order valence-corrected chi connectivity index (χ3v) is 4.93. The largest absolute Gasteiger partial charge is 0.494 e. The van der Waals surface area contributed by atoms with Gasteiger partial charge < -0.3 is 20.1 Å². The number of ether oxygens (including phenoxy) is 2. The third-order valence-electron chi connectivity index (χ3n) is 4.93. The molecule has 0 atom stereocenters. The van der Waals surface area contributed by atoms with Crippen LogP contribution in [0.15, 0.2) is 54.7 Å². The zero-order valence-corrected chi connectivity index (χ0v) is 20.2. The molecule has 35 heavy (non-hydrogen) atoms. The summed E-state index contributed by atoms with van der Waals surface area (Å²) in [4.78, 5) is 7.99. The zero-order valence-electron chi connectivity index (χ0n) is 20.2. The van der Waals surface area contributed by atoms with Crippen LogP contribution in [0, 0.1) is 5.92 Å². The lowest BCUT2D eigenvalue weighted by atomic mass is 10.2. The Morgan fingerprint density at radius 1 is 0.943 bits per heavy atom. The number of alkyl halides is 3. The number of nitrogens with one attached hydrogen (secondary N) is 2. The van der Waals surface area contributed by atoms with Gasteiger partial charge >= 0.3 is 6.18 Å². The number of para-hydroxylation sites is 2. The molecule has 0 fully saturated rings. The highest BCUT2D eigenvalue weighted by Crippen LogP contribution is 2.37. The zero-order chi connectivity index (χ0) is 25.3. The number of nitrogens with zero attached hydrogens (tertiary/aromatic N) is 2. The second-order valence-electron chi connectivity index (χ2n) is 8.48. The van der Waals surface area contributed by atoms with Gasteiger partial charge in [0.15, 0.2) is 0 Å². The molecule has 9 heteroatoms. The molecule has 3 aromatic rings. The van der Waals surface area contributed by atoms with E-state index in [2.05, 4.69) is 27.5 Å². The lowest BCUT2D eigenvalue weighted by Gasteiger charge is -2.17. The number of aromatic nitrogens is 2. The molecule has 0 aliphatic carbocycles. The van der Waals surface area contributed by atoms with Gasteiger partial charge in [-0.3, -0.25) is 0 Å². The summed E-state index contributed by atoms with van der Waals surface area (Å²) in [5, 5.41) is 5.73. The minimum atomic E-state index is -4.63. The van der Waals surface area contributed by atoms with Crippen molar-refractivity contribution in [3.05, 3.63) is 60.3 Å². The second-order valence-corrected chi connectivity index (χ2v) is 8.48. The Morgan fingerprint density at radius 3 is 2.37 bits per heavy atom. The van der Waals surface area contributed by atoms with Crippen molar-refractivity contribution < 1.29 is 22.6 Å². The number of hydrogen-bond donors (Lipinski definition) is 2. The Morgan fingerprint density at radius 2 is 1.69 bits per heavy atom. The smallest absolute Gasteiger partial charge is 0.421 e. The summed E-state index contributed by atoms with van der Waals surface area (Å²) in [5.74, 6) is 1.08. The Bertz CT molecular complexity index is 1070. The van der Waals surface area contributed by atoms with E-state index in [1.807, 2.05) is 13.8 Å². The second kappa shape index (κ2) is 12.3. The minimum absolute atomic E-state index is 0.0256. The molecule has 3 rings (SSSR count). The van der Waals surface area contributed by atoms with Gasteiger partial charge in [0.05, 0.1) is 18.9 Å². The van der Waals surface area contributed by atoms with Crippen LogP contribution in [0.25, 0.3) is 0 Å². The van der Waals surface area contributed by atoms with Gasteiger partial charge in [0.2, 0.25) is 5.95 Å². The van der Waals surface area contributed by atoms with Crippen LogP contribution in [0.5, 0.6) is 11.5 Å². The summed E-state index contributed by atoms with van der Waals surface area (Å²) in [7, 11) is 0. The Kier molecular flexibility index (Phi) is 9.17. The van der Waals surface area contributed by atoms with E-state index < -0.39 is 11.7 Å². The number of rotatable bonds is 12. The van der Waals surface area contributed by atoms with E-state index in [1.165, 1.54) is 0 Å². The fraction of sp³-hybridized carbons (Fsp3) is 0.385. The summed E-state index contributed by atoms with van der Waals surface area (Å²) >= 11 is 0. The normalized spacial score (nSPS) is 11.4. The van der Waals surface area contributed by atoms with Crippen molar-refractivity contribution in [2.45, 2.75) is 46.2 Å². The molecule has 0 saturated heterocycles. The highest BCUT2D eigenvalue weighted by Gasteiger charge is 2.35. The van der Waals surface area contributed by atoms with E-state index in [-0.39, 0.29) is 17.7 Å². The van der Waals surface area contributed by atoms with Crippen LogP contribution in [0.4, 0.5) is 36.3 Å². The summed E-state index contributed by atoms with van der Waals surface area (Å²) < 4.78 is 52.5. The topological polar surface area (TPSA) is 68.3 Å². The van der Waals surface area contributed by atoms with Crippen LogP contribution in [0.2, 0.25) is 0 Å². The number of unbranched alkanes of at least 4 members (excludes halogenated alkanes) is 2. The molecule has 0 aliphatic rings. The lowest BCUT2D eigenvalue weighted by Crippen LogP contribution is -2.13. The molecule has 0 saturated carbocycles. The third kappa shape index (κ3) is 8.05. The number of hydrogen-bond acceptors (Lipinski definition) is 6. The maximum Gasteiger partial charge on any atom is 0.421 e. The Labute approximate surface area is 203 Å². The highest BCUT2D eigenvalue weighted by molar-refractivity contribution is 5.67. The maximum absolute atomic E-state index is 13.7. The van der Waals surface area contributed by atoms with Gasteiger partial charge in [-0.05, 0) is 48.7 Å². The molecular weight excluding hydrogens is 457 g/mol. The molecule has 0 aliphatic heterocycles. The molecule has 2 N–H and O–H groups in total. The molecular formula is C26H31F3N4O2. The standard InChI is InChI=1S/C26H31F3N4O2/c1-4-5-8-15-34-20-13-11-19(12-14-20)31-25-30-16-21(26(27,28)29)24(33-25)32-22-9-6-7-10-23(22)35-17-18(2)3/h6-7,9-14,16,18H,4-5,8,15,17H2,1-3H3,(H2,30,31,32,33). The van der Waals surface area contributed by atoms with Crippen LogP contribution in [0.1, 0.15) is 45.6 Å². The van der Waals surface area contributed by atoms with Crippen molar-refractivity contribution in [1.29, 1.82) is 0 Å². The van der Waals surface area contributed by atoms with E-state index in [9.17, 15) is 13.2 Å². The van der Waals surface area contributed by atoms with E-state index >= 15 is 0 Å². The molecule has 1 heterocycles. The lowest BCUT2D eigenvalue weighted by molar-refractivity contribution is -0.137. The first-order valence-corrected chi connectivity index (χ1v) is 11.7. The first-order valence-electron chi connectivity index (χ1n) is 11.7. The van der Waals surface area contributed by atoms with Crippen LogP contribution >= 0.6 is 0 Å². The van der Waals surface area contributed by atoms with Crippen molar-refractivity contribution in [2.24, 2.45) is 5.92 Å². The van der Waals surface area contributed by atoms with Gasteiger partial charge in [-0.15, -0.1) is 0 Å². The van der Waals surface area contributed by atoms with Crippen molar-refractivity contribution in [3.63, 3.8) is 0 Å². The molecule has 188 valence electrons. The number of halogens is 3. The molecule has 2 aromatic carbocycles. The summed E-state index contributed by atoms with van der Waals surface area (Å²) in [5.41, 5.74) is 0.0303. The monoisotopic (exact) mass is 488 g/mol. The average molecular weight is 489 g/mol. The van der Waals surface area contributed by atoms with E-state index in [0.717, 1.165) is 31.2 Å². The predicted molar refractivity (Wildman–Crippen MR) is 132 cm³/mol. The quantitative estimate of drug-likeness (QED) is 0.256. The molecule has 0 amide bonds. The van der Waals surface area contributed by atoms with Crippen LogP contribution in [-0.2, 0) is 6.18 Å². The van der Waals surface area contributed by atoms with E-state index in [0.29, 0.717) is 30.3 Å². The molecule has 6 nitrogen and oxygen atoms in total. The first kappa shape index (κ1) is 26.1. The van der Waals surface area contributed by atoms with Crippen LogP contribution in [0.3, 0.4) is 0 Å². The van der Waals surface area contributed by atoms with Gasteiger partial charge in [-0.25, -0.2) is 4.98 Å². The van der Waals surface area contributed by atoms with Gasteiger partial charge in [0.1, 0.15) is 22.9 Å². The van der Waals surface area contributed by atoms with Crippen LogP contribution < -0.4 is 20.1 Å². The number of benzene rings is 2. The Balaban J connectivity index is 1.79. The van der Waals surface area contributed by atoms with Crippen molar-refractivity contribution in [1.82, 2.24) is 9.97 Å². The number of anilines is 4. The summed E-state index contributed by atoms with van der Waals surface area (Å²) in [6.07, 6.45) is -0.661. The van der Waals surface area contributed by atoms with Gasteiger partial charge in [-0.1, -0.05) is 45.7 Å². The minimum Gasteiger partial charge on any atom is -0.494 e. The molecule has 0 bridgehead atoms. The Hall–Kier alpha value is -3.49. The van der Waals surface area contributed by atoms with E-state index in [4.69, 9.17) is 9.47 Å². The van der Waals surface area contributed by atoms with Crippen molar-refractivity contribution in [2.75, 3.05) is 23.8 Å². The molecule has 0 unspecified atom stereocenters. The molecule has 0 radical (unpaired) electrons. The summed E-state index contributed by atoms with van der Waals surface area (Å²) in [6, 6.07) is 13.9. The fourth-order valence-corrected chi connectivity index (χ4v) is 3.13. The van der Waals surface area contributed by atoms with Crippen molar-refractivity contribution in [3.8, 4) is 11.5 Å². The van der Waals surface area contributed by atoms with Gasteiger partial charge in [0.25, 0.3) is 0 Å². The molecule has 1 aromatic heterocycles. The van der Waals surface area contributed by atoms with Crippen molar-refractivity contribution >= 4 is 23.1 Å². The van der Waals surface area contributed by atoms with Crippen LogP contribution in [-0.4, -0.2) is 23.2 Å². The highest BCUT2D eigenvalue weighted by atomic mass is 19.4. The molecule has 0 spiro atoms. The predicted octanol–water partition coefficient (Wildman–Crippen LogP) is 7.59. The SMILES string of the molecule is CCCCCOc1ccc(Nc2ncc(C(F)(F)F)c(Nc3ccccc3OCC(C)C)n2)cc1. The van der Waals surface area contributed by atoms with Gasteiger partial charge in [-0.2, -0.15) is 18.2 Å². The first-order chi connectivity index (χ1) is 16.8. The maximum atomic E-state index is 13.7. The fourth-order valence-electron chi connectivity index (χ4n) is 3.13.